The van der Waals surface area contributed by atoms with Gasteiger partial charge >= 0.3 is 5.97 Å². The number of nitrogens with one attached hydrogen (secondary N) is 1. The summed E-state index contributed by atoms with van der Waals surface area (Å²) in [5.41, 5.74) is 3.00. The molecule has 36 heavy (non-hydrogen) atoms. The predicted molar refractivity (Wildman–Crippen MR) is 138 cm³/mol. The van der Waals surface area contributed by atoms with E-state index in [1.807, 2.05) is 17.5 Å². The van der Waals surface area contributed by atoms with Crippen molar-refractivity contribution in [1.82, 2.24) is 14.8 Å². The summed E-state index contributed by atoms with van der Waals surface area (Å²) in [5, 5.41) is 10.0. The molecule has 1 unspecified atom stereocenters. The van der Waals surface area contributed by atoms with E-state index in [1.165, 1.54) is 11.3 Å². The summed E-state index contributed by atoms with van der Waals surface area (Å²) >= 11 is 1.50. The van der Waals surface area contributed by atoms with E-state index in [0.29, 0.717) is 45.7 Å². The Morgan fingerprint density at radius 3 is 2.64 bits per heavy atom. The van der Waals surface area contributed by atoms with Gasteiger partial charge in [-0.2, -0.15) is 5.10 Å². The number of nitrogens with zero attached hydrogens (tertiary/aromatic N) is 3. The van der Waals surface area contributed by atoms with Crippen LogP contribution in [0.15, 0.2) is 47.8 Å². The molecule has 186 valence electrons. The van der Waals surface area contributed by atoms with Gasteiger partial charge in [-0.05, 0) is 62.0 Å². The number of sulfone groups is 1. The van der Waals surface area contributed by atoms with Gasteiger partial charge in [0.15, 0.2) is 15.5 Å². The van der Waals surface area contributed by atoms with E-state index < -0.39 is 15.8 Å². The van der Waals surface area contributed by atoms with Crippen LogP contribution in [0.2, 0.25) is 0 Å². The first kappa shape index (κ1) is 24.1. The molecule has 1 aliphatic rings. The number of aryl methyl sites for hydroxylation is 1. The summed E-state index contributed by atoms with van der Waals surface area (Å²) < 4.78 is 30.9. The zero-order valence-corrected chi connectivity index (χ0v) is 21.4. The summed E-state index contributed by atoms with van der Waals surface area (Å²) in [6.45, 7) is 3.81. The molecule has 9 nitrogen and oxygen atoms in total. The molecule has 0 aliphatic carbocycles. The topological polar surface area (TPSA) is 120 Å². The van der Waals surface area contributed by atoms with Gasteiger partial charge in [0.05, 0.1) is 56.9 Å². The van der Waals surface area contributed by atoms with Crippen LogP contribution in [0, 0.1) is 6.92 Å². The maximum absolute atomic E-state index is 13.5. The van der Waals surface area contributed by atoms with Crippen molar-refractivity contribution in [2.24, 2.45) is 0 Å². The first-order valence-electron chi connectivity index (χ1n) is 11.5. The Kier molecular flexibility index (Phi) is 6.35. The van der Waals surface area contributed by atoms with Crippen LogP contribution >= 0.6 is 11.3 Å². The van der Waals surface area contributed by atoms with E-state index in [-0.39, 0.29) is 30.1 Å². The number of amides is 1. The van der Waals surface area contributed by atoms with Gasteiger partial charge in [0.2, 0.25) is 0 Å². The molecule has 1 N–H and O–H groups in total. The highest BCUT2D eigenvalue weighted by atomic mass is 32.2. The smallest absolute Gasteiger partial charge is 0.338 e. The molecular weight excluding hydrogens is 500 g/mol. The van der Waals surface area contributed by atoms with Crippen LogP contribution < -0.4 is 5.32 Å². The van der Waals surface area contributed by atoms with E-state index in [2.05, 4.69) is 10.4 Å². The highest BCUT2D eigenvalue weighted by Gasteiger charge is 2.32. The first-order chi connectivity index (χ1) is 17.3. The van der Waals surface area contributed by atoms with Gasteiger partial charge in [0.1, 0.15) is 0 Å². The highest BCUT2D eigenvalue weighted by Crippen LogP contribution is 2.33. The second kappa shape index (κ2) is 9.47. The number of hydrogen-bond acceptors (Lipinski definition) is 8. The number of thiophene rings is 1. The Bertz CT molecular complexity index is 1560. The van der Waals surface area contributed by atoms with Gasteiger partial charge in [-0.1, -0.05) is 6.07 Å². The number of carbonyl (C=O) groups is 2. The average Bonchev–Trinajstić information content (AvgIpc) is 3.58. The number of carbonyl (C=O) groups excluding carboxylic acids is 2. The average molecular weight is 525 g/mol. The van der Waals surface area contributed by atoms with E-state index in [4.69, 9.17) is 9.72 Å². The molecule has 1 fully saturated rings. The normalized spacial score (nSPS) is 16.8. The third kappa shape index (κ3) is 4.63. The molecule has 3 aromatic heterocycles. The molecule has 1 aliphatic heterocycles. The van der Waals surface area contributed by atoms with Gasteiger partial charge in [-0.3, -0.25) is 4.79 Å². The Balaban J connectivity index is 1.55. The Morgan fingerprint density at radius 2 is 2.00 bits per heavy atom. The minimum atomic E-state index is -3.14. The maximum atomic E-state index is 13.5. The minimum absolute atomic E-state index is 0.00245. The molecule has 0 radical (unpaired) electrons. The molecule has 1 aromatic carbocycles. The number of anilines is 1. The summed E-state index contributed by atoms with van der Waals surface area (Å²) in [6, 6.07) is 11.7. The number of rotatable bonds is 6. The van der Waals surface area contributed by atoms with E-state index in [0.717, 1.165) is 4.88 Å². The number of hydrogen-bond donors (Lipinski definition) is 1. The van der Waals surface area contributed by atoms with Crippen LogP contribution in [-0.4, -0.2) is 53.2 Å². The zero-order chi connectivity index (χ0) is 25.4. The summed E-state index contributed by atoms with van der Waals surface area (Å²) in [5.74, 6) is -0.671. The van der Waals surface area contributed by atoms with Gasteiger partial charge in [-0.25, -0.2) is 22.9 Å². The molecule has 0 bridgehead atoms. The first-order valence-corrected chi connectivity index (χ1v) is 14.2. The Morgan fingerprint density at radius 1 is 1.22 bits per heavy atom. The lowest BCUT2D eigenvalue weighted by Crippen LogP contribution is -2.15. The number of pyridine rings is 1. The SMILES string of the molecule is CCOC(=O)c1ccc(NC(=O)c2cc(-c3cccs3)nc3c2c(C)nn3C2CCS(=O)(=O)C2)cc1. The zero-order valence-electron chi connectivity index (χ0n) is 19.7. The lowest BCUT2D eigenvalue weighted by atomic mass is 10.1. The highest BCUT2D eigenvalue weighted by molar-refractivity contribution is 7.91. The fraction of sp³-hybridized carbons (Fsp3) is 0.280. The molecule has 1 saturated heterocycles. The molecular formula is C25H24N4O5S2. The van der Waals surface area contributed by atoms with Crippen molar-refractivity contribution < 1.29 is 22.7 Å². The third-order valence-electron chi connectivity index (χ3n) is 6.06. The van der Waals surface area contributed by atoms with Gasteiger partial charge in [0.25, 0.3) is 5.91 Å². The fourth-order valence-corrected chi connectivity index (χ4v) is 6.75. The minimum Gasteiger partial charge on any atom is -0.462 e. The summed E-state index contributed by atoms with van der Waals surface area (Å²) in [7, 11) is -3.14. The van der Waals surface area contributed by atoms with Crippen molar-refractivity contribution in [3.63, 3.8) is 0 Å². The van der Waals surface area contributed by atoms with E-state index in [9.17, 15) is 18.0 Å². The second-order valence-corrected chi connectivity index (χ2v) is 11.7. The van der Waals surface area contributed by atoms with Crippen LogP contribution in [-0.2, 0) is 14.6 Å². The maximum Gasteiger partial charge on any atom is 0.338 e. The Labute approximate surface area is 212 Å². The monoisotopic (exact) mass is 524 g/mol. The molecule has 5 rings (SSSR count). The molecule has 0 saturated carbocycles. The number of esters is 1. The van der Waals surface area contributed by atoms with E-state index >= 15 is 0 Å². The van der Waals surface area contributed by atoms with E-state index in [1.54, 1.807) is 48.9 Å². The van der Waals surface area contributed by atoms with Gasteiger partial charge < -0.3 is 10.1 Å². The number of benzene rings is 1. The molecule has 1 amide bonds. The standard InChI is InChI=1S/C25H24N4O5S2/c1-3-34-25(31)16-6-8-17(9-7-16)26-24(30)19-13-20(21-5-4-11-35-21)27-23-22(19)15(2)28-29(23)18-10-12-36(32,33)14-18/h4-9,11,13,18H,3,10,12,14H2,1-2H3,(H,26,30). The van der Waals surface area contributed by atoms with Crippen LogP contribution in [0.5, 0.6) is 0 Å². The summed E-state index contributed by atoms with van der Waals surface area (Å²) in [6.07, 6.45) is 0.456. The van der Waals surface area contributed by atoms with Gasteiger partial charge in [0, 0.05) is 5.69 Å². The van der Waals surface area contributed by atoms with Crippen LogP contribution in [0.25, 0.3) is 21.6 Å². The van der Waals surface area contributed by atoms with Crippen molar-refractivity contribution in [2.45, 2.75) is 26.3 Å². The Hall–Kier alpha value is -3.57. The number of ether oxygens (including phenoxy) is 1. The van der Waals surface area contributed by atoms with Crippen LogP contribution in [0.3, 0.4) is 0 Å². The summed E-state index contributed by atoms with van der Waals surface area (Å²) in [4.78, 5) is 31.1. The largest absolute Gasteiger partial charge is 0.462 e. The lowest BCUT2D eigenvalue weighted by Gasteiger charge is -2.12. The number of aromatic nitrogens is 3. The molecule has 0 spiro atoms. The quantitative estimate of drug-likeness (QED) is 0.374. The fourth-order valence-electron chi connectivity index (χ4n) is 4.37. The van der Waals surface area contributed by atoms with Crippen molar-refractivity contribution >= 4 is 49.8 Å². The predicted octanol–water partition coefficient (Wildman–Crippen LogP) is 4.26. The third-order valence-corrected chi connectivity index (χ3v) is 8.71. The number of fused-ring (bicyclic) bond motifs is 1. The van der Waals surface area contributed by atoms with Gasteiger partial charge in [-0.15, -0.1) is 11.3 Å². The second-order valence-electron chi connectivity index (χ2n) is 8.57. The molecule has 11 heteroatoms. The lowest BCUT2D eigenvalue weighted by molar-refractivity contribution is 0.0526. The van der Waals surface area contributed by atoms with Crippen molar-refractivity contribution in [1.29, 1.82) is 0 Å². The van der Waals surface area contributed by atoms with Crippen LogP contribution in [0.4, 0.5) is 5.69 Å². The molecule has 1 atom stereocenters. The molecule has 4 aromatic rings. The van der Waals surface area contributed by atoms with Crippen LogP contribution in [0.1, 0.15) is 45.8 Å². The molecule has 4 heterocycles. The van der Waals surface area contributed by atoms with Crippen molar-refractivity contribution in [3.8, 4) is 10.6 Å². The van der Waals surface area contributed by atoms with Crippen molar-refractivity contribution in [2.75, 3.05) is 23.4 Å². The van der Waals surface area contributed by atoms with Crippen molar-refractivity contribution in [3.05, 3.63) is 64.7 Å².